The Bertz CT molecular complexity index is 1080. The summed E-state index contributed by atoms with van der Waals surface area (Å²) in [5, 5.41) is 6.61. The van der Waals surface area contributed by atoms with Gasteiger partial charge in [0, 0.05) is 44.1 Å². The summed E-state index contributed by atoms with van der Waals surface area (Å²) in [6.45, 7) is 2.01. The summed E-state index contributed by atoms with van der Waals surface area (Å²) in [5.41, 5.74) is 1.48. The molecule has 1 amide bonds. The minimum atomic E-state index is -0.164. The van der Waals surface area contributed by atoms with E-state index in [4.69, 9.17) is 4.74 Å². The number of carbonyl (C=O) groups excluding carboxylic acids is 1. The first-order valence-electron chi connectivity index (χ1n) is 11.3. The average molecular weight is 447 g/mol. The summed E-state index contributed by atoms with van der Waals surface area (Å²) < 4.78 is 5.84. The number of amides is 1. The van der Waals surface area contributed by atoms with Crippen molar-refractivity contribution < 1.29 is 9.53 Å². The van der Waals surface area contributed by atoms with Crippen LogP contribution in [0.1, 0.15) is 41.6 Å². The van der Waals surface area contributed by atoms with Gasteiger partial charge in [-0.05, 0) is 56.9 Å². The van der Waals surface area contributed by atoms with Crippen molar-refractivity contribution in [3.63, 3.8) is 0 Å². The number of carbonyl (C=O) groups is 1. The Morgan fingerprint density at radius 1 is 1.00 bits per heavy atom. The summed E-state index contributed by atoms with van der Waals surface area (Å²) in [6.07, 6.45) is 7.09. The standard InChI is InChI=1S/C25H30N6O2/c1-17-16-27-25(30-22(17)31(2)3)29-19-13-11-18(12-14-19)28-23(32)21-10-7-15-26-24(21)33-20-8-5-4-6-9-20/h4-10,15-16,18-19H,11-14H2,1-3H3,(H,28,32)(H,27,29,30). The summed E-state index contributed by atoms with van der Waals surface area (Å²) in [4.78, 5) is 28.3. The van der Waals surface area contributed by atoms with Crippen molar-refractivity contribution in [3.05, 3.63) is 66.0 Å². The van der Waals surface area contributed by atoms with Gasteiger partial charge in [0.15, 0.2) is 0 Å². The van der Waals surface area contributed by atoms with Gasteiger partial charge in [-0.25, -0.2) is 9.97 Å². The van der Waals surface area contributed by atoms with Gasteiger partial charge in [-0.1, -0.05) is 18.2 Å². The van der Waals surface area contributed by atoms with E-state index in [0.717, 1.165) is 37.1 Å². The Labute approximate surface area is 194 Å². The average Bonchev–Trinajstić information content (AvgIpc) is 2.82. The number of aryl methyl sites for hydroxylation is 1. The zero-order valence-corrected chi connectivity index (χ0v) is 19.3. The molecule has 1 aliphatic carbocycles. The molecule has 0 unspecified atom stereocenters. The molecule has 2 aromatic heterocycles. The van der Waals surface area contributed by atoms with Crippen LogP contribution in [-0.2, 0) is 0 Å². The van der Waals surface area contributed by atoms with Crippen molar-refractivity contribution in [3.8, 4) is 11.6 Å². The molecule has 172 valence electrons. The molecule has 33 heavy (non-hydrogen) atoms. The first-order chi connectivity index (χ1) is 16.0. The Kier molecular flexibility index (Phi) is 7.02. The van der Waals surface area contributed by atoms with Gasteiger partial charge in [-0.2, -0.15) is 4.98 Å². The lowest BCUT2D eigenvalue weighted by Gasteiger charge is -2.30. The minimum Gasteiger partial charge on any atom is -0.438 e. The summed E-state index contributed by atoms with van der Waals surface area (Å²) in [7, 11) is 3.96. The van der Waals surface area contributed by atoms with E-state index < -0.39 is 0 Å². The van der Waals surface area contributed by atoms with Crippen LogP contribution in [0.15, 0.2) is 54.9 Å². The lowest BCUT2D eigenvalue weighted by Crippen LogP contribution is -2.40. The number of ether oxygens (including phenoxy) is 1. The lowest BCUT2D eigenvalue weighted by molar-refractivity contribution is 0.0923. The molecular weight excluding hydrogens is 416 g/mol. The van der Waals surface area contributed by atoms with E-state index in [1.807, 2.05) is 62.4 Å². The molecule has 2 N–H and O–H groups in total. The van der Waals surface area contributed by atoms with Gasteiger partial charge in [0.2, 0.25) is 11.8 Å². The van der Waals surface area contributed by atoms with Gasteiger partial charge < -0.3 is 20.3 Å². The maximum absolute atomic E-state index is 13.0. The van der Waals surface area contributed by atoms with Crippen molar-refractivity contribution in [2.24, 2.45) is 0 Å². The highest BCUT2D eigenvalue weighted by molar-refractivity contribution is 5.96. The third kappa shape index (κ3) is 5.77. The number of pyridine rings is 1. The number of anilines is 2. The monoisotopic (exact) mass is 446 g/mol. The summed E-state index contributed by atoms with van der Waals surface area (Å²) in [5.74, 6) is 2.36. The molecule has 8 nitrogen and oxygen atoms in total. The van der Waals surface area contributed by atoms with E-state index in [-0.39, 0.29) is 18.0 Å². The van der Waals surface area contributed by atoms with E-state index >= 15 is 0 Å². The van der Waals surface area contributed by atoms with Crippen LogP contribution in [0.4, 0.5) is 11.8 Å². The van der Waals surface area contributed by atoms with Crippen molar-refractivity contribution in [1.82, 2.24) is 20.3 Å². The molecule has 2 heterocycles. The van der Waals surface area contributed by atoms with Gasteiger partial charge >= 0.3 is 0 Å². The van der Waals surface area contributed by atoms with Crippen molar-refractivity contribution in [2.75, 3.05) is 24.3 Å². The molecule has 1 aromatic carbocycles. The van der Waals surface area contributed by atoms with Gasteiger partial charge in [0.1, 0.15) is 17.1 Å². The van der Waals surface area contributed by atoms with Crippen LogP contribution in [-0.4, -0.2) is 47.0 Å². The molecular formula is C25H30N6O2. The highest BCUT2D eigenvalue weighted by Gasteiger charge is 2.25. The third-order valence-electron chi connectivity index (χ3n) is 5.74. The van der Waals surface area contributed by atoms with E-state index in [0.29, 0.717) is 23.1 Å². The Morgan fingerprint density at radius 3 is 2.45 bits per heavy atom. The van der Waals surface area contributed by atoms with Crippen LogP contribution < -0.4 is 20.3 Å². The van der Waals surface area contributed by atoms with Gasteiger partial charge in [-0.15, -0.1) is 0 Å². The number of rotatable bonds is 7. The normalized spacial score (nSPS) is 17.8. The number of nitrogens with zero attached hydrogens (tertiary/aromatic N) is 4. The van der Waals surface area contributed by atoms with Crippen molar-refractivity contribution in [2.45, 2.75) is 44.7 Å². The van der Waals surface area contributed by atoms with Crippen molar-refractivity contribution in [1.29, 1.82) is 0 Å². The van der Waals surface area contributed by atoms with E-state index in [1.54, 1.807) is 18.3 Å². The minimum absolute atomic E-state index is 0.108. The molecule has 0 bridgehead atoms. The third-order valence-corrected chi connectivity index (χ3v) is 5.74. The fourth-order valence-corrected chi connectivity index (χ4v) is 4.03. The zero-order valence-electron chi connectivity index (χ0n) is 19.3. The van der Waals surface area contributed by atoms with E-state index in [1.165, 1.54) is 0 Å². The second-order valence-electron chi connectivity index (χ2n) is 8.53. The number of hydrogen-bond donors (Lipinski definition) is 2. The van der Waals surface area contributed by atoms with Crippen LogP contribution in [0.3, 0.4) is 0 Å². The molecule has 0 atom stereocenters. The molecule has 8 heteroatoms. The zero-order chi connectivity index (χ0) is 23.2. The van der Waals surface area contributed by atoms with Gasteiger partial charge in [-0.3, -0.25) is 4.79 Å². The molecule has 0 spiro atoms. The number of benzene rings is 1. The molecule has 0 aliphatic heterocycles. The predicted molar refractivity (Wildman–Crippen MR) is 129 cm³/mol. The maximum atomic E-state index is 13.0. The number of para-hydroxylation sites is 1. The topological polar surface area (TPSA) is 92.3 Å². The van der Waals surface area contributed by atoms with E-state index in [2.05, 4.69) is 25.6 Å². The first kappa shape index (κ1) is 22.5. The summed E-state index contributed by atoms with van der Waals surface area (Å²) >= 11 is 0. The molecule has 1 saturated carbocycles. The largest absolute Gasteiger partial charge is 0.438 e. The molecule has 1 fully saturated rings. The van der Waals surface area contributed by atoms with E-state index in [9.17, 15) is 4.79 Å². The SMILES string of the molecule is Cc1cnc(NC2CCC(NC(=O)c3cccnc3Oc3ccccc3)CC2)nc1N(C)C. The molecule has 0 saturated heterocycles. The fourth-order valence-electron chi connectivity index (χ4n) is 4.03. The Morgan fingerprint density at radius 2 is 1.73 bits per heavy atom. The molecule has 0 radical (unpaired) electrons. The predicted octanol–water partition coefficient (Wildman–Crippen LogP) is 4.19. The van der Waals surface area contributed by atoms with Gasteiger partial charge in [0.25, 0.3) is 5.91 Å². The van der Waals surface area contributed by atoms with Crippen LogP contribution in [0.25, 0.3) is 0 Å². The van der Waals surface area contributed by atoms with Crippen LogP contribution in [0.2, 0.25) is 0 Å². The highest BCUT2D eigenvalue weighted by atomic mass is 16.5. The summed E-state index contributed by atoms with van der Waals surface area (Å²) in [6, 6.07) is 13.2. The lowest BCUT2D eigenvalue weighted by atomic mass is 9.91. The Hall–Kier alpha value is -3.68. The number of aromatic nitrogens is 3. The fraction of sp³-hybridized carbons (Fsp3) is 0.360. The highest BCUT2D eigenvalue weighted by Crippen LogP contribution is 2.25. The van der Waals surface area contributed by atoms with Crippen LogP contribution in [0.5, 0.6) is 11.6 Å². The molecule has 1 aliphatic rings. The molecule has 3 aromatic rings. The molecule has 4 rings (SSSR count). The number of hydrogen-bond acceptors (Lipinski definition) is 7. The van der Waals surface area contributed by atoms with Crippen LogP contribution >= 0.6 is 0 Å². The van der Waals surface area contributed by atoms with Gasteiger partial charge in [0.05, 0.1) is 0 Å². The second kappa shape index (κ2) is 10.3. The smallest absolute Gasteiger partial charge is 0.257 e. The maximum Gasteiger partial charge on any atom is 0.257 e. The first-order valence-corrected chi connectivity index (χ1v) is 11.3. The van der Waals surface area contributed by atoms with Crippen molar-refractivity contribution >= 4 is 17.7 Å². The number of nitrogens with one attached hydrogen (secondary N) is 2. The van der Waals surface area contributed by atoms with Crippen LogP contribution in [0, 0.1) is 6.92 Å². The second-order valence-corrected chi connectivity index (χ2v) is 8.53. The quantitative estimate of drug-likeness (QED) is 0.562. The Balaban J connectivity index is 1.32.